The van der Waals surface area contributed by atoms with E-state index in [9.17, 15) is 20.1 Å². The number of hydrogen-bond acceptors (Lipinski definition) is 5. The van der Waals surface area contributed by atoms with Crippen molar-refractivity contribution in [1.29, 1.82) is 0 Å². The van der Waals surface area contributed by atoms with E-state index in [-0.39, 0.29) is 16.8 Å². The Morgan fingerprint density at radius 3 is 2.03 bits per heavy atom. The number of carbonyl (C=O) groups is 1. The number of nitrogens with zero attached hydrogens (tertiary/aromatic N) is 2. The molecule has 0 aliphatic heterocycles. The number of aryl methyl sites for hydroxylation is 2. The highest BCUT2D eigenvalue weighted by atomic mass is 16.3. The van der Waals surface area contributed by atoms with Crippen molar-refractivity contribution in [2.45, 2.75) is 40.0 Å². The van der Waals surface area contributed by atoms with E-state index in [0.717, 1.165) is 16.7 Å². The zero-order valence-electron chi connectivity index (χ0n) is 22.1. The zero-order chi connectivity index (χ0) is 27.4. The molecule has 0 atom stereocenters. The molecule has 0 unspecified atom stereocenters. The second-order valence-corrected chi connectivity index (χ2v) is 10.8. The van der Waals surface area contributed by atoms with Crippen LogP contribution in [-0.2, 0) is 5.41 Å². The predicted octanol–water partition coefficient (Wildman–Crippen LogP) is 6.75. The lowest BCUT2D eigenvalue weighted by Crippen LogP contribution is -2.20. The molecule has 38 heavy (non-hydrogen) atoms. The Balaban J connectivity index is 1.92. The molecule has 192 valence electrons. The lowest BCUT2D eigenvalue weighted by molar-refractivity contribution is 0.0968. The average molecular weight is 507 g/mol. The maximum absolute atomic E-state index is 14.1. The molecule has 4 aromatic carbocycles. The van der Waals surface area contributed by atoms with Gasteiger partial charge in [0.2, 0.25) is 5.75 Å². The van der Waals surface area contributed by atoms with E-state index in [0.29, 0.717) is 32.9 Å². The first-order valence-electron chi connectivity index (χ1n) is 12.5. The van der Waals surface area contributed by atoms with Gasteiger partial charge in [0.05, 0.1) is 16.6 Å². The molecule has 1 aromatic heterocycles. The van der Waals surface area contributed by atoms with E-state index in [1.165, 1.54) is 10.6 Å². The molecule has 0 bridgehead atoms. The van der Waals surface area contributed by atoms with Gasteiger partial charge in [0.1, 0.15) is 5.52 Å². The van der Waals surface area contributed by atoms with Crippen molar-refractivity contribution in [2.24, 2.45) is 4.99 Å². The van der Waals surface area contributed by atoms with Gasteiger partial charge >= 0.3 is 0 Å². The molecule has 6 heteroatoms. The summed E-state index contributed by atoms with van der Waals surface area (Å²) >= 11 is 0. The smallest absolute Gasteiger partial charge is 0.263 e. The van der Waals surface area contributed by atoms with Gasteiger partial charge in [0, 0.05) is 16.3 Å². The molecule has 5 rings (SSSR count). The number of rotatable bonds is 2. The van der Waals surface area contributed by atoms with Crippen LogP contribution < -0.4 is 5.36 Å². The molecule has 6 nitrogen and oxygen atoms in total. The van der Waals surface area contributed by atoms with Crippen molar-refractivity contribution in [3.63, 3.8) is 0 Å². The standard InChI is InChI=1S/C32H30N2O4/c1-18-6-13-22(14-7-18)33-27-23-15-8-19(2)16-25(23)34(28-24(27)17-26(35)29(36)30(28)37)31(38)20-9-11-21(12-10-20)32(3,4)5/h6-17,35-37H,1-5H3. The zero-order valence-corrected chi connectivity index (χ0v) is 22.1. The monoisotopic (exact) mass is 506 g/mol. The minimum Gasteiger partial charge on any atom is -0.504 e. The Bertz CT molecular complexity index is 1790. The van der Waals surface area contributed by atoms with Crippen molar-refractivity contribution in [1.82, 2.24) is 4.57 Å². The first-order chi connectivity index (χ1) is 18.0. The molecular formula is C32H30N2O4. The Kier molecular flexibility index (Phi) is 5.98. The van der Waals surface area contributed by atoms with Gasteiger partial charge in [-0.2, -0.15) is 0 Å². The lowest BCUT2D eigenvalue weighted by Gasteiger charge is -2.20. The molecule has 0 fully saturated rings. The van der Waals surface area contributed by atoms with E-state index in [2.05, 4.69) is 20.8 Å². The second kappa shape index (κ2) is 9.06. The topological polar surface area (TPSA) is 95.1 Å². The molecule has 0 saturated carbocycles. The van der Waals surface area contributed by atoms with Gasteiger partial charge in [0.15, 0.2) is 11.5 Å². The Morgan fingerprint density at radius 2 is 1.39 bits per heavy atom. The summed E-state index contributed by atoms with van der Waals surface area (Å²) in [5, 5.41) is 33.5. The third kappa shape index (κ3) is 4.28. The third-order valence-corrected chi connectivity index (χ3v) is 6.83. The normalized spacial score (nSPS) is 12.4. The summed E-state index contributed by atoms with van der Waals surface area (Å²) in [5.41, 5.74) is 4.68. The van der Waals surface area contributed by atoms with E-state index >= 15 is 0 Å². The summed E-state index contributed by atoms with van der Waals surface area (Å²) in [4.78, 5) is 18.9. The van der Waals surface area contributed by atoms with Crippen LogP contribution in [0.5, 0.6) is 17.2 Å². The summed E-state index contributed by atoms with van der Waals surface area (Å²) < 4.78 is 1.40. The van der Waals surface area contributed by atoms with E-state index < -0.39 is 17.2 Å². The van der Waals surface area contributed by atoms with Gasteiger partial charge in [-0.3, -0.25) is 9.36 Å². The third-order valence-electron chi connectivity index (χ3n) is 6.83. The van der Waals surface area contributed by atoms with Crippen LogP contribution in [0.2, 0.25) is 0 Å². The number of aromatic hydroxyl groups is 3. The van der Waals surface area contributed by atoms with Crippen LogP contribution in [0.4, 0.5) is 5.69 Å². The van der Waals surface area contributed by atoms with Gasteiger partial charge in [-0.15, -0.1) is 0 Å². The van der Waals surface area contributed by atoms with Crippen LogP contribution in [0.25, 0.3) is 21.8 Å². The number of phenols is 3. The summed E-state index contributed by atoms with van der Waals surface area (Å²) in [6.07, 6.45) is 0. The number of phenolic OH excluding ortho intramolecular Hbond substituents is 3. The Hall–Kier alpha value is -4.58. The molecule has 0 spiro atoms. The van der Waals surface area contributed by atoms with Crippen LogP contribution in [0.3, 0.4) is 0 Å². The van der Waals surface area contributed by atoms with Crippen molar-refractivity contribution < 1.29 is 20.1 Å². The van der Waals surface area contributed by atoms with E-state index in [4.69, 9.17) is 4.99 Å². The summed E-state index contributed by atoms with van der Waals surface area (Å²) in [5.74, 6) is -2.18. The molecule has 0 amide bonds. The van der Waals surface area contributed by atoms with E-state index in [1.54, 1.807) is 12.1 Å². The van der Waals surface area contributed by atoms with Crippen molar-refractivity contribution in [2.75, 3.05) is 0 Å². The van der Waals surface area contributed by atoms with Crippen molar-refractivity contribution >= 4 is 33.4 Å². The fraction of sp³-hybridized carbons (Fsp3) is 0.188. The maximum atomic E-state index is 14.1. The number of hydrogen-bond donors (Lipinski definition) is 3. The van der Waals surface area contributed by atoms with Crippen molar-refractivity contribution in [3.8, 4) is 17.2 Å². The molecule has 0 saturated heterocycles. The minimum atomic E-state index is -0.699. The fourth-order valence-electron chi connectivity index (χ4n) is 4.66. The van der Waals surface area contributed by atoms with Crippen LogP contribution >= 0.6 is 0 Å². The molecular weight excluding hydrogens is 476 g/mol. The first kappa shape index (κ1) is 25.1. The molecule has 0 radical (unpaired) electrons. The molecule has 1 heterocycles. The van der Waals surface area contributed by atoms with Crippen molar-refractivity contribution in [3.05, 3.63) is 100 Å². The van der Waals surface area contributed by atoms with Crippen LogP contribution in [0.15, 0.2) is 77.8 Å². The van der Waals surface area contributed by atoms with Gasteiger partial charge in [-0.25, -0.2) is 4.99 Å². The summed E-state index contributed by atoms with van der Waals surface area (Å²) in [6, 6.07) is 22.0. The van der Waals surface area contributed by atoms with Gasteiger partial charge in [-0.1, -0.05) is 62.7 Å². The lowest BCUT2D eigenvalue weighted by atomic mass is 9.86. The Labute approximate surface area is 220 Å². The number of fused-ring (bicyclic) bond motifs is 2. The highest BCUT2D eigenvalue weighted by Crippen LogP contribution is 2.41. The number of benzene rings is 4. The van der Waals surface area contributed by atoms with Crippen LogP contribution in [0.1, 0.15) is 47.8 Å². The first-order valence-corrected chi connectivity index (χ1v) is 12.5. The van der Waals surface area contributed by atoms with Crippen LogP contribution in [0, 0.1) is 13.8 Å². The fourth-order valence-corrected chi connectivity index (χ4v) is 4.66. The Morgan fingerprint density at radius 1 is 0.763 bits per heavy atom. The van der Waals surface area contributed by atoms with Gasteiger partial charge < -0.3 is 15.3 Å². The quantitative estimate of drug-likeness (QED) is 0.182. The highest BCUT2D eigenvalue weighted by Gasteiger charge is 2.23. The molecule has 0 aliphatic rings. The number of aromatic nitrogens is 1. The maximum Gasteiger partial charge on any atom is 0.263 e. The molecule has 3 N–H and O–H groups in total. The minimum absolute atomic E-state index is 0.0640. The van der Waals surface area contributed by atoms with E-state index in [1.807, 2.05) is 68.4 Å². The molecule has 0 aliphatic carbocycles. The predicted molar refractivity (Wildman–Crippen MR) is 150 cm³/mol. The van der Waals surface area contributed by atoms with Gasteiger partial charge in [0.25, 0.3) is 5.91 Å². The average Bonchev–Trinajstić information content (AvgIpc) is 2.88. The summed E-state index contributed by atoms with van der Waals surface area (Å²) in [6.45, 7) is 10.2. The number of carbonyl (C=O) groups excluding carboxylic acids is 1. The van der Waals surface area contributed by atoms with Gasteiger partial charge in [-0.05, 0) is 66.8 Å². The largest absolute Gasteiger partial charge is 0.504 e. The second-order valence-electron chi connectivity index (χ2n) is 10.8. The van der Waals surface area contributed by atoms with Crippen LogP contribution in [-0.4, -0.2) is 25.8 Å². The highest BCUT2D eigenvalue weighted by molar-refractivity contribution is 6.10. The number of pyridine rings is 1. The summed E-state index contributed by atoms with van der Waals surface area (Å²) in [7, 11) is 0. The SMILES string of the molecule is Cc1ccc(N=c2c3ccc(C)cc3n(C(=O)c3ccc(C(C)(C)C)cc3)c3c(O)c(O)c(O)cc23)cc1. The molecule has 5 aromatic rings.